The van der Waals surface area contributed by atoms with Gasteiger partial charge in [0.15, 0.2) is 0 Å². The van der Waals surface area contributed by atoms with Crippen LogP contribution in [0.3, 0.4) is 0 Å². The predicted octanol–water partition coefficient (Wildman–Crippen LogP) is 0.640. The minimum absolute atomic E-state index is 0.0837. The molecule has 0 bridgehead atoms. The van der Waals surface area contributed by atoms with Crippen LogP contribution in [0, 0.1) is 0 Å². The Morgan fingerprint density at radius 3 is 2.48 bits per heavy atom. The fourth-order valence-corrected chi connectivity index (χ4v) is 3.17. The summed E-state index contributed by atoms with van der Waals surface area (Å²) in [6.07, 6.45) is 3.31. The van der Waals surface area contributed by atoms with Crippen LogP contribution in [0.15, 0.2) is 42.7 Å². The van der Waals surface area contributed by atoms with Gasteiger partial charge in [-0.1, -0.05) is 0 Å². The number of methoxy groups -OCH3 is 2. The number of nitrogens with one attached hydrogen (secondary N) is 1. The van der Waals surface area contributed by atoms with E-state index in [1.54, 1.807) is 38.7 Å². The molecule has 0 radical (unpaired) electrons. The number of carbonyl (C=O) groups excluding carboxylic acids is 1. The number of hydrogen-bond donors (Lipinski definition) is 1. The standard InChI is InChI=1S/C19H23N3O3/c1-24-17-3-4-18(25-2)16(13-17)14-21-9-11-22(12-10-21)19(23)15-5-7-20-8-6-15/h3-8,13H,9-12,14H2,1-2H3/p+1. The van der Waals surface area contributed by atoms with E-state index in [0.717, 1.165) is 49.8 Å². The number of piperazine rings is 1. The summed E-state index contributed by atoms with van der Waals surface area (Å²) in [6.45, 7) is 4.19. The molecule has 1 saturated heterocycles. The molecule has 1 amide bonds. The van der Waals surface area contributed by atoms with Gasteiger partial charge in [-0.2, -0.15) is 0 Å². The van der Waals surface area contributed by atoms with Crippen LogP contribution in [0.25, 0.3) is 0 Å². The number of rotatable bonds is 5. The normalized spacial score (nSPS) is 15.0. The molecular formula is C19H24N3O3+. The molecule has 3 rings (SSSR count). The van der Waals surface area contributed by atoms with Crippen molar-refractivity contribution < 1.29 is 19.2 Å². The number of hydrogen-bond acceptors (Lipinski definition) is 4. The van der Waals surface area contributed by atoms with E-state index >= 15 is 0 Å². The molecule has 25 heavy (non-hydrogen) atoms. The Morgan fingerprint density at radius 2 is 1.84 bits per heavy atom. The number of aromatic nitrogens is 1. The van der Waals surface area contributed by atoms with Gasteiger partial charge in [-0.3, -0.25) is 9.78 Å². The summed E-state index contributed by atoms with van der Waals surface area (Å²) in [7, 11) is 3.36. The van der Waals surface area contributed by atoms with Gasteiger partial charge in [0.25, 0.3) is 5.91 Å². The third-order valence-corrected chi connectivity index (χ3v) is 4.61. The molecule has 1 aliphatic rings. The lowest BCUT2D eigenvalue weighted by Gasteiger charge is -2.32. The van der Waals surface area contributed by atoms with Gasteiger partial charge < -0.3 is 19.3 Å². The van der Waals surface area contributed by atoms with Crippen molar-refractivity contribution in [1.29, 1.82) is 0 Å². The van der Waals surface area contributed by atoms with Crippen molar-refractivity contribution in [2.45, 2.75) is 6.54 Å². The molecule has 2 aromatic rings. The first kappa shape index (κ1) is 17.2. The molecule has 1 fully saturated rings. The molecule has 0 unspecified atom stereocenters. The van der Waals surface area contributed by atoms with Gasteiger partial charge in [0.1, 0.15) is 18.0 Å². The fraction of sp³-hybridized carbons (Fsp3) is 0.368. The van der Waals surface area contributed by atoms with Crippen LogP contribution in [0.5, 0.6) is 11.5 Å². The first-order valence-corrected chi connectivity index (χ1v) is 8.45. The number of benzene rings is 1. The zero-order chi connectivity index (χ0) is 17.6. The number of quaternary nitrogens is 1. The van der Waals surface area contributed by atoms with Crippen LogP contribution in [0.4, 0.5) is 0 Å². The highest BCUT2D eigenvalue weighted by Crippen LogP contribution is 2.23. The second kappa shape index (κ2) is 7.98. The molecule has 1 aromatic carbocycles. The van der Waals surface area contributed by atoms with E-state index in [2.05, 4.69) is 4.98 Å². The molecule has 1 N–H and O–H groups in total. The minimum Gasteiger partial charge on any atom is -0.497 e. The highest BCUT2D eigenvalue weighted by Gasteiger charge is 2.25. The van der Waals surface area contributed by atoms with Gasteiger partial charge in [-0.15, -0.1) is 0 Å². The maximum absolute atomic E-state index is 12.5. The van der Waals surface area contributed by atoms with Crippen molar-refractivity contribution >= 4 is 5.91 Å². The predicted molar refractivity (Wildman–Crippen MR) is 94.1 cm³/mol. The highest BCUT2D eigenvalue weighted by atomic mass is 16.5. The summed E-state index contributed by atoms with van der Waals surface area (Å²) < 4.78 is 10.8. The second-order valence-electron chi connectivity index (χ2n) is 6.13. The first-order valence-electron chi connectivity index (χ1n) is 8.45. The third kappa shape index (κ3) is 4.09. The van der Waals surface area contributed by atoms with Crippen molar-refractivity contribution in [2.24, 2.45) is 0 Å². The van der Waals surface area contributed by atoms with Gasteiger partial charge in [-0.25, -0.2) is 0 Å². The van der Waals surface area contributed by atoms with Gasteiger partial charge in [0.2, 0.25) is 0 Å². The quantitative estimate of drug-likeness (QED) is 0.866. The Morgan fingerprint density at radius 1 is 1.12 bits per heavy atom. The van der Waals surface area contributed by atoms with Crippen LogP contribution in [-0.2, 0) is 6.54 Å². The molecule has 0 aliphatic carbocycles. The lowest BCUT2D eigenvalue weighted by molar-refractivity contribution is -0.917. The number of carbonyl (C=O) groups is 1. The molecule has 1 aromatic heterocycles. The van der Waals surface area contributed by atoms with Crippen molar-refractivity contribution in [3.63, 3.8) is 0 Å². The van der Waals surface area contributed by atoms with E-state index in [-0.39, 0.29) is 5.91 Å². The minimum atomic E-state index is 0.0837. The van der Waals surface area contributed by atoms with E-state index in [1.807, 2.05) is 23.1 Å². The summed E-state index contributed by atoms with van der Waals surface area (Å²) in [5, 5.41) is 0. The van der Waals surface area contributed by atoms with Crippen LogP contribution in [0.1, 0.15) is 15.9 Å². The molecular weight excluding hydrogens is 318 g/mol. The monoisotopic (exact) mass is 342 g/mol. The number of pyridine rings is 1. The van der Waals surface area contributed by atoms with Crippen LogP contribution in [0.2, 0.25) is 0 Å². The van der Waals surface area contributed by atoms with Crippen LogP contribution in [-0.4, -0.2) is 56.2 Å². The first-order chi connectivity index (χ1) is 12.2. The lowest BCUT2D eigenvalue weighted by atomic mass is 10.1. The lowest BCUT2D eigenvalue weighted by Crippen LogP contribution is -3.13. The van der Waals surface area contributed by atoms with Crippen molar-refractivity contribution in [3.8, 4) is 11.5 Å². The average molecular weight is 342 g/mol. The van der Waals surface area contributed by atoms with Crippen molar-refractivity contribution in [1.82, 2.24) is 9.88 Å². The van der Waals surface area contributed by atoms with Gasteiger partial charge in [-0.05, 0) is 30.3 Å². The summed E-state index contributed by atoms with van der Waals surface area (Å²) >= 11 is 0. The summed E-state index contributed by atoms with van der Waals surface area (Å²) in [5.41, 5.74) is 1.83. The van der Waals surface area contributed by atoms with Crippen LogP contribution >= 0.6 is 0 Å². The molecule has 1 aliphatic heterocycles. The maximum atomic E-state index is 12.5. The van der Waals surface area contributed by atoms with E-state index in [0.29, 0.717) is 5.56 Å². The van der Waals surface area contributed by atoms with E-state index in [1.165, 1.54) is 4.90 Å². The van der Waals surface area contributed by atoms with Crippen LogP contribution < -0.4 is 14.4 Å². The van der Waals surface area contributed by atoms with Crippen molar-refractivity contribution in [3.05, 3.63) is 53.9 Å². The summed E-state index contributed by atoms with van der Waals surface area (Å²) in [4.78, 5) is 19.8. The highest BCUT2D eigenvalue weighted by molar-refractivity contribution is 5.94. The topological polar surface area (TPSA) is 56.1 Å². The molecule has 6 nitrogen and oxygen atoms in total. The third-order valence-electron chi connectivity index (χ3n) is 4.61. The molecule has 0 saturated carbocycles. The van der Waals surface area contributed by atoms with Gasteiger partial charge in [0, 0.05) is 18.0 Å². The second-order valence-corrected chi connectivity index (χ2v) is 6.13. The largest absolute Gasteiger partial charge is 0.497 e. The number of nitrogens with zero attached hydrogens (tertiary/aromatic N) is 2. The Hall–Kier alpha value is -2.60. The van der Waals surface area contributed by atoms with E-state index in [9.17, 15) is 4.79 Å². The van der Waals surface area contributed by atoms with Gasteiger partial charge in [0.05, 0.1) is 46.0 Å². The Kier molecular flexibility index (Phi) is 5.50. The Labute approximate surface area is 148 Å². The number of amides is 1. The molecule has 132 valence electrons. The summed E-state index contributed by atoms with van der Waals surface area (Å²) in [5.74, 6) is 1.80. The summed E-state index contributed by atoms with van der Waals surface area (Å²) in [6, 6.07) is 9.41. The van der Waals surface area contributed by atoms with E-state index in [4.69, 9.17) is 9.47 Å². The average Bonchev–Trinajstić information content (AvgIpc) is 2.68. The zero-order valence-electron chi connectivity index (χ0n) is 14.7. The molecule has 2 heterocycles. The Balaban J connectivity index is 1.60. The Bertz CT molecular complexity index is 713. The van der Waals surface area contributed by atoms with Crippen molar-refractivity contribution in [2.75, 3.05) is 40.4 Å². The molecule has 6 heteroatoms. The molecule has 0 spiro atoms. The smallest absolute Gasteiger partial charge is 0.254 e. The molecule has 0 atom stereocenters. The van der Waals surface area contributed by atoms with E-state index < -0.39 is 0 Å². The zero-order valence-corrected chi connectivity index (χ0v) is 14.7. The SMILES string of the molecule is COc1ccc(OC)c(C[NH+]2CCN(C(=O)c3ccncc3)CC2)c1. The maximum Gasteiger partial charge on any atom is 0.254 e. The van der Waals surface area contributed by atoms with Gasteiger partial charge >= 0.3 is 0 Å². The fourth-order valence-electron chi connectivity index (χ4n) is 3.17. The number of ether oxygens (including phenoxy) is 2.